The van der Waals surface area contributed by atoms with E-state index >= 15 is 0 Å². The molecule has 0 atom stereocenters. The second-order valence-electron chi connectivity index (χ2n) is 7.23. The zero-order chi connectivity index (χ0) is 19.5. The van der Waals surface area contributed by atoms with E-state index in [0.29, 0.717) is 29.1 Å². The molecule has 1 aliphatic heterocycles. The predicted octanol–water partition coefficient (Wildman–Crippen LogP) is 3.22. The second kappa shape index (κ2) is 8.14. The molecule has 1 saturated heterocycles. The first-order valence-electron chi connectivity index (χ1n) is 9.74. The number of hydrogen-bond donors (Lipinski definition) is 2. The zero-order valence-corrected chi connectivity index (χ0v) is 16.4. The van der Waals surface area contributed by atoms with Crippen LogP contribution < -0.4 is 15.8 Å². The highest BCUT2D eigenvalue weighted by Crippen LogP contribution is 2.29. The maximum absolute atomic E-state index is 12.4. The van der Waals surface area contributed by atoms with E-state index < -0.39 is 5.91 Å². The topological polar surface area (TPSA) is 78.5 Å². The first-order valence-corrected chi connectivity index (χ1v) is 10.6. The SMILES string of the molecule is O=C(NNC(=O)c1cc2c(s1)CCCCC2)c1cccc(N2CCCC2=O)c1. The van der Waals surface area contributed by atoms with Crippen molar-refractivity contribution in [1.29, 1.82) is 0 Å². The number of hydrazine groups is 1. The molecule has 0 bridgehead atoms. The van der Waals surface area contributed by atoms with E-state index in [4.69, 9.17) is 0 Å². The van der Waals surface area contributed by atoms with Crippen LogP contribution in [-0.2, 0) is 17.6 Å². The van der Waals surface area contributed by atoms with Gasteiger partial charge < -0.3 is 4.90 Å². The van der Waals surface area contributed by atoms with Crippen molar-refractivity contribution in [3.63, 3.8) is 0 Å². The molecule has 0 saturated carbocycles. The van der Waals surface area contributed by atoms with E-state index in [2.05, 4.69) is 10.9 Å². The van der Waals surface area contributed by atoms with E-state index in [-0.39, 0.29) is 11.8 Å². The lowest BCUT2D eigenvalue weighted by atomic mass is 10.1. The Bertz CT molecular complexity index is 898. The molecule has 2 aliphatic rings. The van der Waals surface area contributed by atoms with Gasteiger partial charge in [-0.05, 0) is 61.9 Å². The van der Waals surface area contributed by atoms with Crippen LogP contribution in [0.2, 0.25) is 0 Å². The molecule has 1 aliphatic carbocycles. The summed E-state index contributed by atoms with van der Waals surface area (Å²) >= 11 is 1.52. The van der Waals surface area contributed by atoms with E-state index in [1.807, 2.05) is 12.1 Å². The van der Waals surface area contributed by atoms with Crippen molar-refractivity contribution in [3.8, 4) is 0 Å². The zero-order valence-electron chi connectivity index (χ0n) is 15.6. The molecule has 1 aromatic carbocycles. The van der Waals surface area contributed by atoms with Gasteiger partial charge in [0.2, 0.25) is 5.91 Å². The number of carbonyl (C=O) groups is 3. The molecule has 0 unspecified atom stereocenters. The third-order valence-corrected chi connectivity index (χ3v) is 6.49. The normalized spacial score (nSPS) is 16.4. The van der Waals surface area contributed by atoms with Crippen LogP contribution in [-0.4, -0.2) is 24.3 Å². The van der Waals surface area contributed by atoms with Crippen LogP contribution in [0.5, 0.6) is 0 Å². The first-order chi connectivity index (χ1) is 13.6. The fourth-order valence-electron chi connectivity index (χ4n) is 3.76. The number of amides is 3. The standard InChI is InChI=1S/C21H23N3O3S/c25-19-10-5-11-24(19)16-8-4-7-15(12-16)20(26)22-23-21(27)18-13-14-6-2-1-3-9-17(14)28-18/h4,7-8,12-13H,1-3,5-6,9-11H2,(H,22,26)(H,23,27). The highest BCUT2D eigenvalue weighted by Gasteiger charge is 2.22. The van der Waals surface area contributed by atoms with Crippen LogP contribution in [0.25, 0.3) is 0 Å². The van der Waals surface area contributed by atoms with Crippen molar-refractivity contribution in [2.45, 2.75) is 44.9 Å². The van der Waals surface area contributed by atoms with E-state index in [0.717, 1.165) is 25.7 Å². The summed E-state index contributed by atoms with van der Waals surface area (Å²) in [6.07, 6.45) is 6.99. The molecule has 2 N–H and O–H groups in total. The molecule has 2 heterocycles. The number of aryl methyl sites for hydroxylation is 2. The lowest BCUT2D eigenvalue weighted by Gasteiger charge is -2.16. The van der Waals surface area contributed by atoms with Crippen molar-refractivity contribution in [3.05, 3.63) is 51.2 Å². The second-order valence-corrected chi connectivity index (χ2v) is 8.36. The van der Waals surface area contributed by atoms with Gasteiger partial charge in [-0.3, -0.25) is 25.2 Å². The summed E-state index contributed by atoms with van der Waals surface area (Å²) in [5.74, 6) is -0.624. The molecule has 6 nitrogen and oxygen atoms in total. The molecule has 146 valence electrons. The molecule has 1 fully saturated rings. The van der Waals surface area contributed by atoms with Crippen LogP contribution in [0.4, 0.5) is 5.69 Å². The number of nitrogens with one attached hydrogen (secondary N) is 2. The van der Waals surface area contributed by atoms with Gasteiger partial charge in [-0.25, -0.2) is 0 Å². The lowest BCUT2D eigenvalue weighted by molar-refractivity contribution is -0.117. The van der Waals surface area contributed by atoms with Gasteiger partial charge in [-0.2, -0.15) is 0 Å². The van der Waals surface area contributed by atoms with Crippen LogP contribution in [0.3, 0.4) is 0 Å². The largest absolute Gasteiger partial charge is 0.312 e. The van der Waals surface area contributed by atoms with E-state index in [9.17, 15) is 14.4 Å². The molecule has 3 amide bonds. The molecule has 7 heteroatoms. The highest BCUT2D eigenvalue weighted by atomic mass is 32.1. The molecule has 28 heavy (non-hydrogen) atoms. The Morgan fingerprint density at radius 1 is 0.929 bits per heavy atom. The molecule has 1 aromatic heterocycles. The maximum atomic E-state index is 12.4. The van der Waals surface area contributed by atoms with Gasteiger partial charge in [0.05, 0.1) is 4.88 Å². The van der Waals surface area contributed by atoms with Gasteiger partial charge in [-0.1, -0.05) is 12.5 Å². The van der Waals surface area contributed by atoms with Crippen molar-refractivity contribution in [2.24, 2.45) is 0 Å². The summed E-state index contributed by atoms with van der Waals surface area (Å²) in [6.45, 7) is 0.670. The third-order valence-electron chi connectivity index (χ3n) is 5.25. The number of nitrogens with zero attached hydrogens (tertiary/aromatic N) is 1. The molecule has 4 rings (SSSR count). The van der Waals surface area contributed by atoms with Crippen molar-refractivity contribution in [1.82, 2.24) is 10.9 Å². The minimum atomic E-state index is -0.403. The van der Waals surface area contributed by atoms with Crippen LogP contribution >= 0.6 is 11.3 Å². The average Bonchev–Trinajstić information content (AvgIpc) is 3.26. The summed E-state index contributed by atoms with van der Waals surface area (Å²) in [4.78, 5) is 40.4. The number of hydrogen-bond acceptors (Lipinski definition) is 4. The van der Waals surface area contributed by atoms with Gasteiger partial charge in [-0.15, -0.1) is 11.3 Å². The van der Waals surface area contributed by atoms with Gasteiger partial charge >= 0.3 is 0 Å². The number of fused-ring (bicyclic) bond motifs is 1. The number of anilines is 1. The Morgan fingerprint density at radius 2 is 1.75 bits per heavy atom. The third kappa shape index (κ3) is 3.94. The summed E-state index contributed by atoms with van der Waals surface area (Å²) in [5.41, 5.74) is 7.37. The minimum Gasteiger partial charge on any atom is -0.312 e. The van der Waals surface area contributed by atoms with E-state index in [1.54, 1.807) is 23.1 Å². The average molecular weight is 398 g/mol. The van der Waals surface area contributed by atoms with Gasteiger partial charge in [0, 0.05) is 29.1 Å². The smallest absolute Gasteiger partial charge is 0.279 e. The van der Waals surface area contributed by atoms with Crippen molar-refractivity contribution in [2.75, 3.05) is 11.4 Å². The number of thiophene rings is 1. The van der Waals surface area contributed by atoms with Gasteiger partial charge in [0.1, 0.15) is 0 Å². The van der Waals surface area contributed by atoms with Crippen LogP contribution in [0.15, 0.2) is 30.3 Å². The van der Waals surface area contributed by atoms with E-state index in [1.165, 1.54) is 34.6 Å². The molecular weight excluding hydrogens is 374 g/mol. The fourth-order valence-corrected chi connectivity index (χ4v) is 4.91. The summed E-state index contributed by atoms with van der Waals surface area (Å²) in [5, 5.41) is 0. The summed E-state index contributed by atoms with van der Waals surface area (Å²) in [6, 6.07) is 8.86. The van der Waals surface area contributed by atoms with Crippen molar-refractivity contribution < 1.29 is 14.4 Å². The monoisotopic (exact) mass is 397 g/mol. The van der Waals surface area contributed by atoms with Gasteiger partial charge in [0.15, 0.2) is 0 Å². The number of rotatable bonds is 3. The minimum absolute atomic E-state index is 0.0725. The summed E-state index contributed by atoms with van der Waals surface area (Å²) in [7, 11) is 0. The molecule has 0 spiro atoms. The number of benzene rings is 1. The maximum Gasteiger partial charge on any atom is 0.279 e. The molecule has 2 aromatic rings. The Kier molecular flexibility index (Phi) is 5.43. The Labute approximate surface area is 167 Å². The predicted molar refractivity (Wildman–Crippen MR) is 109 cm³/mol. The lowest BCUT2D eigenvalue weighted by Crippen LogP contribution is -2.41. The first kappa shape index (κ1) is 18.7. The Hall–Kier alpha value is -2.67. The van der Waals surface area contributed by atoms with Crippen molar-refractivity contribution >= 4 is 34.7 Å². The quantitative estimate of drug-likeness (QED) is 0.617. The number of carbonyl (C=O) groups excluding carboxylic acids is 3. The Balaban J connectivity index is 1.39. The molecular formula is C21H23N3O3S. The Morgan fingerprint density at radius 3 is 2.57 bits per heavy atom. The molecule has 0 radical (unpaired) electrons. The fraction of sp³-hybridized carbons (Fsp3) is 0.381. The summed E-state index contributed by atoms with van der Waals surface area (Å²) < 4.78 is 0. The van der Waals surface area contributed by atoms with Crippen LogP contribution in [0, 0.1) is 0 Å². The highest BCUT2D eigenvalue weighted by molar-refractivity contribution is 7.14. The van der Waals surface area contributed by atoms with Crippen LogP contribution in [0.1, 0.15) is 62.6 Å². The van der Waals surface area contributed by atoms with Gasteiger partial charge in [0.25, 0.3) is 11.8 Å².